The van der Waals surface area contributed by atoms with Gasteiger partial charge in [-0.05, 0) is 18.9 Å². The fourth-order valence-corrected chi connectivity index (χ4v) is 2.05. The number of carboxylic acids is 1. The van der Waals surface area contributed by atoms with Crippen LogP contribution in [0.1, 0.15) is 19.8 Å². The predicted molar refractivity (Wildman–Crippen MR) is 67.3 cm³/mol. The Hall–Kier alpha value is -1.16. The van der Waals surface area contributed by atoms with Crippen LogP contribution in [0.3, 0.4) is 0 Å². The number of nitrogens with one attached hydrogen (secondary N) is 1. The van der Waals surface area contributed by atoms with Gasteiger partial charge in [0.2, 0.25) is 6.23 Å². The van der Waals surface area contributed by atoms with E-state index in [1.54, 1.807) is 6.92 Å². The summed E-state index contributed by atoms with van der Waals surface area (Å²) < 4.78 is 42.6. The molecule has 0 spiro atoms. The monoisotopic (exact) mass is 312 g/mol. The third-order valence-electron chi connectivity index (χ3n) is 3.09. The number of rotatable bonds is 6. The van der Waals surface area contributed by atoms with E-state index in [2.05, 4.69) is 0 Å². The first-order valence-electron chi connectivity index (χ1n) is 6.48. The quantitative estimate of drug-likeness (QED) is 0.528. The molecule has 0 saturated carbocycles. The van der Waals surface area contributed by atoms with E-state index in [4.69, 9.17) is 20.7 Å². The Labute approximate surface area is 119 Å². The maximum absolute atomic E-state index is 12.4. The number of aliphatic hydroxyl groups excluding tert-OH is 1. The molecular weight excluding hydrogens is 293 g/mol. The molecule has 0 amide bonds. The molecule has 0 bridgehead atoms. The first kappa shape index (κ1) is 17.9. The van der Waals surface area contributed by atoms with Gasteiger partial charge in [-0.1, -0.05) is 6.92 Å². The third-order valence-corrected chi connectivity index (χ3v) is 3.09. The van der Waals surface area contributed by atoms with Gasteiger partial charge in [-0.15, -0.1) is 0 Å². The van der Waals surface area contributed by atoms with Crippen LogP contribution in [0.25, 0.3) is 0 Å². The molecule has 1 aliphatic rings. The van der Waals surface area contributed by atoms with E-state index in [-0.39, 0.29) is 18.6 Å². The lowest BCUT2D eigenvalue weighted by Gasteiger charge is -2.36. The van der Waals surface area contributed by atoms with Crippen molar-refractivity contribution >= 4 is 5.97 Å². The average molecular weight is 312 g/mol. The van der Waals surface area contributed by atoms with E-state index < -0.39 is 36.6 Å². The second-order valence-corrected chi connectivity index (χ2v) is 4.84. The van der Waals surface area contributed by atoms with Gasteiger partial charge < -0.3 is 20.7 Å². The SMILES string of the molecule is CCCO[C@@H]1C=C(C(=O)O)C[C@H](N)[C@H]1N[C@H](O)C(F)(F)F. The molecule has 0 aromatic carbocycles. The van der Waals surface area contributed by atoms with Crippen molar-refractivity contribution in [3.63, 3.8) is 0 Å². The van der Waals surface area contributed by atoms with Crippen molar-refractivity contribution in [2.75, 3.05) is 6.61 Å². The van der Waals surface area contributed by atoms with E-state index in [0.29, 0.717) is 6.42 Å². The average Bonchev–Trinajstić information content (AvgIpc) is 2.37. The van der Waals surface area contributed by atoms with Gasteiger partial charge in [-0.2, -0.15) is 13.2 Å². The van der Waals surface area contributed by atoms with Gasteiger partial charge in [0.1, 0.15) is 0 Å². The Morgan fingerprint density at radius 2 is 2.24 bits per heavy atom. The first-order valence-corrected chi connectivity index (χ1v) is 6.48. The number of halogens is 3. The normalized spacial score (nSPS) is 28.1. The fourth-order valence-electron chi connectivity index (χ4n) is 2.05. The Morgan fingerprint density at radius 1 is 1.62 bits per heavy atom. The molecule has 21 heavy (non-hydrogen) atoms. The van der Waals surface area contributed by atoms with Crippen LogP contribution in [-0.2, 0) is 9.53 Å². The van der Waals surface area contributed by atoms with Gasteiger partial charge in [0.05, 0.1) is 12.1 Å². The highest BCUT2D eigenvalue weighted by Crippen LogP contribution is 2.24. The summed E-state index contributed by atoms with van der Waals surface area (Å²) >= 11 is 0. The first-order chi connectivity index (χ1) is 9.66. The summed E-state index contributed by atoms with van der Waals surface area (Å²) in [5.74, 6) is -1.19. The minimum Gasteiger partial charge on any atom is -0.478 e. The summed E-state index contributed by atoms with van der Waals surface area (Å²) in [5.41, 5.74) is 5.72. The summed E-state index contributed by atoms with van der Waals surface area (Å²) in [6, 6.07) is -1.95. The van der Waals surface area contributed by atoms with E-state index in [9.17, 15) is 18.0 Å². The van der Waals surface area contributed by atoms with E-state index >= 15 is 0 Å². The van der Waals surface area contributed by atoms with Gasteiger partial charge in [0.25, 0.3) is 0 Å². The number of aliphatic carboxylic acids is 1. The number of alkyl halides is 3. The van der Waals surface area contributed by atoms with Crippen molar-refractivity contribution in [3.05, 3.63) is 11.6 Å². The number of nitrogens with two attached hydrogens (primary N) is 1. The van der Waals surface area contributed by atoms with Crippen molar-refractivity contribution in [3.8, 4) is 0 Å². The van der Waals surface area contributed by atoms with E-state index in [1.807, 2.05) is 5.32 Å². The second kappa shape index (κ2) is 7.21. The van der Waals surface area contributed by atoms with Crippen molar-refractivity contribution in [1.82, 2.24) is 5.32 Å². The van der Waals surface area contributed by atoms with Crippen LogP contribution < -0.4 is 11.1 Å². The van der Waals surface area contributed by atoms with Crippen LogP contribution in [-0.4, -0.2) is 53.4 Å². The Balaban J connectivity index is 2.90. The second-order valence-electron chi connectivity index (χ2n) is 4.84. The Morgan fingerprint density at radius 3 is 2.71 bits per heavy atom. The summed E-state index contributed by atoms with van der Waals surface area (Å²) in [6.07, 6.45) is -6.80. The molecule has 4 atom stereocenters. The van der Waals surface area contributed by atoms with Gasteiger partial charge >= 0.3 is 12.1 Å². The number of carbonyl (C=O) groups is 1. The van der Waals surface area contributed by atoms with Gasteiger partial charge in [0, 0.05) is 18.2 Å². The molecule has 0 aliphatic heterocycles. The molecule has 0 aromatic heterocycles. The smallest absolute Gasteiger partial charge is 0.427 e. The van der Waals surface area contributed by atoms with Crippen LogP contribution in [0, 0.1) is 0 Å². The predicted octanol–water partition coefficient (Wildman–Crippen LogP) is 0.363. The minimum absolute atomic E-state index is 0.0110. The van der Waals surface area contributed by atoms with Crippen molar-refractivity contribution in [1.29, 1.82) is 0 Å². The Kier molecular flexibility index (Phi) is 6.14. The van der Waals surface area contributed by atoms with Crippen molar-refractivity contribution in [2.45, 2.75) is 50.4 Å². The minimum atomic E-state index is -4.84. The highest BCUT2D eigenvalue weighted by molar-refractivity contribution is 5.87. The zero-order chi connectivity index (χ0) is 16.2. The summed E-state index contributed by atoms with van der Waals surface area (Å²) in [6.45, 7) is 2.04. The molecule has 0 saturated heterocycles. The van der Waals surface area contributed by atoms with E-state index in [1.165, 1.54) is 6.08 Å². The highest BCUT2D eigenvalue weighted by atomic mass is 19.4. The number of ether oxygens (including phenoxy) is 1. The molecule has 1 aliphatic carbocycles. The highest BCUT2D eigenvalue weighted by Gasteiger charge is 2.43. The largest absolute Gasteiger partial charge is 0.478 e. The zero-order valence-corrected chi connectivity index (χ0v) is 11.4. The van der Waals surface area contributed by atoms with Crippen LogP contribution in [0.4, 0.5) is 13.2 Å². The fraction of sp³-hybridized carbons (Fsp3) is 0.750. The molecule has 5 N–H and O–H groups in total. The lowest BCUT2D eigenvalue weighted by molar-refractivity contribution is -0.218. The summed E-state index contributed by atoms with van der Waals surface area (Å²) in [4.78, 5) is 11.0. The molecular formula is C12H19F3N2O4. The van der Waals surface area contributed by atoms with Gasteiger partial charge in [-0.25, -0.2) is 4.79 Å². The molecule has 0 fully saturated rings. The number of carboxylic acid groups (broad SMARTS) is 1. The van der Waals surface area contributed by atoms with Crippen molar-refractivity contribution in [2.24, 2.45) is 5.73 Å². The van der Waals surface area contributed by atoms with Gasteiger partial charge in [0.15, 0.2) is 0 Å². The Bertz CT molecular complexity index is 400. The molecule has 0 radical (unpaired) electrons. The summed E-state index contributed by atoms with van der Waals surface area (Å²) in [7, 11) is 0. The number of hydrogen-bond donors (Lipinski definition) is 4. The molecule has 6 nitrogen and oxygen atoms in total. The maximum atomic E-state index is 12.4. The van der Waals surface area contributed by atoms with Crippen LogP contribution in [0.2, 0.25) is 0 Å². The number of hydrogen-bond acceptors (Lipinski definition) is 5. The van der Waals surface area contributed by atoms with Gasteiger partial charge in [-0.3, -0.25) is 5.32 Å². The van der Waals surface area contributed by atoms with Crippen LogP contribution >= 0.6 is 0 Å². The standard InChI is InChI=1S/C12H19F3N2O4/c1-2-3-21-8-5-6(10(18)19)4-7(16)9(8)17-11(20)12(13,14)15/h5,7-9,11,17,20H,2-4,16H2,1H3,(H,18,19)/t7-,8+,9+,11+/m0/s1. The van der Waals surface area contributed by atoms with Crippen LogP contribution in [0.5, 0.6) is 0 Å². The molecule has 122 valence electrons. The third kappa shape index (κ3) is 4.95. The zero-order valence-electron chi connectivity index (χ0n) is 11.4. The van der Waals surface area contributed by atoms with Crippen molar-refractivity contribution < 1.29 is 32.9 Å². The lowest BCUT2D eigenvalue weighted by Crippen LogP contribution is -2.60. The lowest BCUT2D eigenvalue weighted by atomic mass is 9.88. The molecule has 9 heteroatoms. The molecule has 0 unspecified atom stereocenters. The number of aliphatic hydroxyl groups is 1. The molecule has 0 heterocycles. The molecule has 0 aromatic rings. The van der Waals surface area contributed by atoms with Crippen LogP contribution in [0.15, 0.2) is 11.6 Å². The van der Waals surface area contributed by atoms with E-state index in [0.717, 1.165) is 0 Å². The maximum Gasteiger partial charge on any atom is 0.427 e. The molecule has 1 rings (SSSR count). The topological polar surface area (TPSA) is 105 Å². The summed E-state index contributed by atoms with van der Waals surface area (Å²) in [5, 5.41) is 20.0.